The Morgan fingerprint density at radius 1 is 1.19 bits per heavy atom. The van der Waals surface area contributed by atoms with Crippen LogP contribution in [0.2, 0.25) is 0 Å². The number of carbonyl (C=O) groups is 2. The van der Waals surface area contributed by atoms with E-state index >= 15 is 0 Å². The van der Waals surface area contributed by atoms with Crippen molar-refractivity contribution < 1.29 is 18.7 Å². The maximum atomic E-state index is 13.8. The van der Waals surface area contributed by atoms with Crippen LogP contribution in [0.4, 0.5) is 4.39 Å². The third-order valence-electron chi connectivity index (χ3n) is 6.76. The second kappa shape index (κ2) is 11.7. The average Bonchev–Trinajstić information content (AvgIpc) is 3.36. The number of ether oxygens (including phenoxy) is 1. The fraction of sp³-hybridized carbons (Fsp3) is 0.379. The lowest BCUT2D eigenvalue weighted by Gasteiger charge is -2.37. The van der Waals surface area contributed by atoms with E-state index in [0.717, 1.165) is 29.7 Å². The smallest absolute Gasteiger partial charge is 0.254 e. The lowest BCUT2D eigenvalue weighted by molar-refractivity contribution is -0.135. The minimum atomic E-state index is -0.468. The van der Waals surface area contributed by atoms with E-state index in [1.54, 1.807) is 22.3 Å². The summed E-state index contributed by atoms with van der Waals surface area (Å²) in [6.07, 6.45) is 1.65. The Morgan fingerprint density at radius 2 is 1.97 bits per heavy atom. The van der Waals surface area contributed by atoms with Gasteiger partial charge in [-0.05, 0) is 66.6 Å². The van der Waals surface area contributed by atoms with E-state index in [1.807, 2.05) is 43.0 Å². The summed E-state index contributed by atoms with van der Waals surface area (Å²) in [5, 5.41) is 2.06. The van der Waals surface area contributed by atoms with Gasteiger partial charge in [-0.3, -0.25) is 9.59 Å². The van der Waals surface area contributed by atoms with Crippen molar-refractivity contribution in [1.29, 1.82) is 0 Å². The molecule has 2 aromatic carbocycles. The van der Waals surface area contributed by atoms with E-state index in [4.69, 9.17) is 4.74 Å². The Morgan fingerprint density at radius 3 is 2.69 bits per heavy atom. The molecule has 190 valence electrons. The number of aryl methyl sites for hydroxylation is 1. The molecule has 0 spiro atoms. The molecule has 2 atom stereocenters. The first kappa shape index (κ1) is 25.9. The van der Waals surface area contributed by atoms with Crippen molar-refractivity contribution in [2.45, 2.75) is 39.7 Å². The SMILES string of the molecule is CCC(C)CN(CC(=O)N1CCc2sccc2C1COc1ccc(C)cc1)C(=O)c1cccc(F)c1. The van der Waals surface area contributed by atoms with Crippen molar-refractivity contribution in [3.05, 3.63) is 87.4 Å². The van der Waals surface area contributed by atoms with Gasteiger partial charge >= 0.3 is 0 Å². The molecule has 2 amide bonds. The molecule has 3 aromatic rings. The van der Waals surface area contributed by atoms with Crippen LogP contribution in [0.1, 0.15) is 52.7 Å². The zero-order chi connectivity index (χ0) is 25.7. The van der Waals surface area contributed by atoms with Crippen LogP contribution in [-0.4, -0.2) is 47.9 Å². The number of halogens is 1. The molecule has 0 saturated heterocycles. The molecule has 1 aliphatic heterocycles. The van der Waals surface area contributed by atoms with Gasteiger partial charge in [0.1, 0.15) is 24.7 Å². The number of benzene rings is 2. The van der Waals surface area contributed by atoms with E-state index in [9.17, 15) is 14.0 Å². The number of thiophene rings is 1. The molecular formula is C29H33FN2O3S. The normalized spacial score (nSPS) is 15.8. The fourth-order valence-electron chi connectivity index (χ4n) is 4.47. The predicted molar refractivity (Wildman–Crippen MR) is 141 cm³/mol. The molecule has 7 heteroatoms. The molecule has 2 unspecified atom stereocenters. The Hall–Kier alpha value is -3.19. The number of rotatable bonds is 9. The first-order valence-electron chi connectivity index (χ1n) is 12.5. The number of carbonyl (C=O) groups excluding carboxylic acids is 2. The number of nitrogens with zero attached hydrogens (tertiary/aromatic N) is 2. The van der Waals surface area contributed by atoms with Crippen molar-refractivity contribution in [2.24, 2.45) is 5.92 Å². The Kier molecular flexibility index (Phi) is 8.41. The van der Waals surface area contributed by atoms with Crippen LogP contribution in [0.15, 0.2) is 60.0 Å². The molecule has 0 bridgehead atoms. The molecule has 2 heterocycles. The number of fused-ring (bicyclic) bond motifs is 1. The summed E-state index contributed by atoms with van der Waals surface area (Å²) in [6.45, 7) is 7.41. The molecule has 1 aromatic heterocycles. The summed E-state index contributed by atoms with van der Waals surface area (Å²) < 4.78 is 19.9. The summed E-state index contributed by atoms with van der Waals surface area (Å²) in [7, 11) is 0. The molecular weight excluding hydrogens is 475 g/mol. The molecule has 0 fully saturated rings. The van der Waals surface area contributed by atoms with Gasteiger partial charge in [0.25, 0.3) is 5.91 Å². The third kappa shape index (κ3) is 6.13. The number of amides is 2. The molecule has 0 aliphatic carbocycles. The lowest BCUT2D eigenvalue weighted by atomic mass is 10.00. The average molecular weight is 509 g/mol. The van der Waals surface area contributed by atoms with Gasteiger partial charge in [-0.25, -0.2) is 4.39 Å². The topological polar surface area (TPSA) is 49.9 Å². The summed E-state index contributed by atoms with van der Waals surface area (Å²) in [5.41, 5.74) is 2.52. The van der Waals surface area contributed by atoms with Gasteiger partial charge in [0, 0.05) is 23.5 Å². The first-order chi connectivity index (χ1) is 17.4. The van der Waals surface area contributed by atoms with Gasteiger partial charge in [0.05, 0.1) is 6.04 Å². The number of hydrogen-bond donors (Lipinski definition) is 0. The van der Waals surface area contributed by atoms with Gasteiger partial charge in [-0.15, -0.1) is 11.3 Å². The van der Waals surface area contributed by atoms with E-state index in [0.29, 0.717) is 19.7 Å². The monoisotopic (exact) mass is 508 g/mol. The largest absolute Gasteiger partial charge is 0.491 e. The molecule has 1 aliphatic rings. The van der Waals surface area contributed by atoms with Gasteiger partial charge in [0.15, 0.2) is 0 Å². The standard InChI is InChI=1S/C29H33FN2O3S/c1-4-20(2)17-31(29(34)22-6-5-7-23(30)16-22)18-28(33)32-14-12-27-25(13-15-36-27)26(32)19-35-24-10-8-21(3)9-11-24/h5-11,13,15-16,20,26H,4,12,14,17-19H2,1-3H3. The van der Waals surface area contributed by atoms with Gasteiger partial charge in [-0.1, -0.05) is 44.0 Å². The maximum absolute atomic E-state index is 13.8. The van der Waals surface area contributed by atoms with Crippen molar-refractivity contribution in [3.63, 3.8) is 0 Å². The Balaban J connectivity index is 1.54. The zero-order valence-electron chi connectivity index (χ0n) is 21.1. The maximum Gasteiger partial charge on any atom is 0.254 e. The predicted octanol–water partition coefficient (Wildman–Crippen LogP) is 5.89. The van der Waals surface area contributed by atoms with Crippen LogP contribution >= 0.6 is 11.3 Å². The first-order valence-corrected chi connectivity index (χ1v) is 13.3. The van der Waals surface area contributed by atoms with Crippen LogP contribution in [0.5, 0.6) is 5.75 Å². The molecule has 0 radical (unpaired) electrons. The lowest BCUT2D eigenvalue weighted by Crippen LogP contribution is -2.48. The highest BCUT2D eigenvalue weighted by atomic mass is 32.1. The minimum Gasteiger partial charge on any atom is -0.491 e. The van der Waals surface area contributed by atoms with Crippen LogP contribution in [0.25, 0.3) is 0 Å². The quantitative estimate of drug-likeness (QED) is 0.362. The van der Waals surface area contributed by atoms with Crippen LogP contribution < -0.4 is 4.74 Å². The molecule has 0 N–H and O–H groups in total. The summed E-state index contributed by atoms with van der Waals surface area (Å²) >= 11 is 1.70. The highest BCUT2D eigenvalue weighted by Crippen LogP contribution is 2.34. The second-order valence-electron chi connectivity index (χ2n) is 9.49. The summed E-state index contributed by atoms with van der Waals surface area (Å²) in [5.74, 6) is 0.0436. The van der Waals surface area contributed by atoms with Gasteiger partial charge < -0.3 is 14.5 Å². The van der Waals surface area contributed by atoms with E-state index < -0.39 is 5.82 Å². The van der Waals surface area contributed by atoms with Crippen molar-refractivity contribution in [1.82, 2.24) is 9.80 Å². The van der Waals surface area contributed by atoms with Crippen LogP contribution in [0.3, 0.4) is 0 Å². The third-order valence-corrected chi connectivity index (χ3v) is 7.75. The van der Waals surface area contributed by atoms with Crippen LogP contribution in [-0.2, 0) is 11.2 Å². The Labute approximate surface area is 216 Å². The Bertz CT molecular complexity index is 1190. The molecule has 5 nitrogen and oxygen atoms in total. The zero-order valence-corrected chi connectivity index (χ0v) is 21.9. The van der Waals surface area contributed by atoms with E-state index in [-0.39, 0.29) is 35.9 Å². The summed E-state index contributed by atoms with van der Waals surface area (Å²) in [4.78, 5) is 31.7. The van der Waals surface area contributed by atoms with Crippen molar-refractivity contribution in [3.8, 4) is 5.75 Å². The van der Waals surface area contributed by atoms with Crippen LogP contribution in [0, 0.1) is 18.7 Å². The van der Waals surface area contributed by atoms with Crippen molar-refractivity contribution >= 4 is 23.2 Å². The van der Waals surface area contributed by atoms with Crippen molar-refractivity contribution in [2.75, 3.05) is 26.2 Å². The molecule has 0 saturated carbocycles. The fourth-order valence-corrected chi connectivity index (χ4v) is 5.40. The van der Waals surface area contributed by atoms with Gasteiger partial charge in [-0.2, -0.15) is 0 Å². The molecule has 36 heavy (non-hydrogen) atoms. The van der Waals surface area contributed by atoms with E-state index in [2.05, 4.69) is 18.4 Å². The second-order valence-corrected chi connectivity index (χ2v) is 10.5. The van der Waals surface area contributed by atoms with E-state index in [1.165, 1.54) is 23.1 Å². The molecule has 4 rings (SSSR count). The summed E-state index contributed by atoms with van der Waals surface area (Å²) in [6, 6.07) is 15.4. The minimum absolute atomic E-state index is 0.0554. The van der Waals surface area contributed by atoms with Gasteiger partial charge in [0.2, 0.25) is 5.91 Å². The highest BCUT2D eigenvalue weighted by molar-refractivity contribution is 7.10. The highest BCUT2D eigenvalue weighted by Gasteiger charge is 2.34. The number of hydrogen-bond acceptors (Lipinski definition) is 4.